The number of benzene rings is 2. The fraction of sp³-hybridized carbons (Fsp3) is 0.0500. The maximum Gasteiger partial charge on any atom is 0.327 e. The summed E-state index contributed by atoms with van der Waals surface area (Å²) >= 11 is 0. The third kappa shape index (κ3) is 1.89. The van der Waals surface area contributed by atoms with E-state index in [1.165, 1.54) is 0 Å². The Morgan fingerprint density at radius 2 is 1.46 bits per heavy atom. The zero-order valence-corrected chi connectivity index (χ0v) is 13.5. The molecule has 2 heterocycles. The largest absolute Gasteiger partial charge is 0.340 e. The summed E-state index contributed by atoms with van der Waals surface area (Å²) in [6.45, 7) is 0. The quantitative estimate of drug-likeness (QED) is 0.631. The minimum absolute atomic E-state index is 0.104. The van der Waals surface area contributed by atoms with Crippen molar-refractivity contribution >= 4 is 17.3 Å². The fourth-order valence-electron chi connectivity index (χ4n) is 3.83. The molecule has 1 unspecified atom stereocenters. The number of nitrogens with one attached hydrogen (secondary N) is 3. The van der Waals surface area contributed by atoms with E-state index in [4.69, 9.17) is 0 Å². The summed E-state index contributed by atoms with van der Waals surface area (Å²) in [4.78, 5) is 42.4. The Morgan fingerprint density at radius 3 is 2.23 bits per heavy atom. The molecule has 3 aromatic rings. The molecular weight excluding hydrogens is 330 g/mol. The molecule has 0 fully saturated rings. The Kier molecular flexibility index (Phi) is 2.91. The molecule has 0 amide bonds. The normalized spacial score (nSPS) is 17.4. The highest BCUT2D eigenvalue weighted by Gasteiger charge is 2.41. The monoisotopic (exact) mass is 343 g/mol. The van der Waals surface area contributed by atoms with Crippen molar-refractivity contribution in [3.63, 3.8) is 0 Å². The van der Waals surface area contributed by atoms with E-state index >= 15 is 0 Å². The van der Waals surface area contributed by atoms with E-state index in [1.807, 2.05) is 48.5 Å². The maximum absolute atomic E-state index is 13.1. The highest BCUT2D eigenvalue weighted by atomic mass is 16.2. The van der Waals surface area contributed by atoms with Crippen molar-refractivity contribution in [2.75, 3.05) is 5.32 Å². The van der Waals surface area contributed by atoms with Gasteiger partial charge in [0.05, 0.1) is 11.3 Å². The van der Waals surface area contributed by atoms with E-state index < -0.39 is 17.2 Å². The summed E-state index contributed by atoms with van der Waals surface area (Å²) in [5, 5.41) is 3.11. The van der Waals surface area contributed by atoms with Gasteiger partial charge in [-0.15, -0.1) is 0 Å². The van der Waals surface area contributed by atoms with Crippen LogP contribution in [0.4, 0.5) is 5.82 Å². The van der Waals surface area contributed by atoms with Gasteiger partial charge in [-0.2, -0.15) is 0 Å². The molecule has 2 aliphatic rings. The van der Waals surface area contributed by atoms with Crippen LogP contribution >= 0.6 is 0 Å². The molecule has 0 radical (unpaired) electrons. The summed E-state index contributed by atoms with van der Waals surface area (Å²) in [5.41, 5.74) is 2.63. The average molecular weight is 343 g/mol. The first-order valence-electron chi connectivity index (χ1n) is 8.22. The first-order valence-corrected chi connectivity index (χ1v) is 8.22. The standard InChI is InChI=1S/C20H13N3O3/c24-17-12-9-5-4-8-11(12)16-14(17)13(10-6-2-1-3-7-10)15-18(21-16)22-20(26)23-19(15)25/h1-9,13H,(H3,21,22,23,25,26). The minimum Gasteiger partial charge on any atom is -0.340 e. The molecule has 3 N–H and O–H groups in total. The SMILES string of the molecule is O=C1C2=C(Nc3[nH]c(=O)[nH]c(=O)c3C2c2ccccc2)c2ccccc21. The summed E-state index contributed by atoms with van der Waals surface area (Å²) in [5.74, 6) is -0.327. The van der Waals surface area contributed by atoms with Crippen LogP contribution in [0.2, 0.25) is 0 Å². The first-order chi connectivity index (χ1) is 12.6. The highest BCUT2D eigenvalue weighted by Crippen LogP contribution is 2.47. The molecule has 0 saturated carbocycles. The molecule has 0 spiro atoms. The van der Waals surface area contributed by atoms with E-state index in [0.717, 1.165) is 11.1 Å². The second-order valence-electron chi connectivity index (χ2n) is 6.33. The van der Waals surface area contributed by atoms with Gasteiger partial charge in [0.1, 0.15) is 5.82 Å². The van der Waals surface area contributed by atoms with Crippen LogP contribution in [0.25, 0.3) is 5.70 Å². The molecular formula is C20H13N3O3. The smallest absolute Gasteiger partial charge is 0.327 e. The molecule has 1 atom stereocenters. The van der Waals surface area contributed by atoms with Crippen molar-refractivity contribution in [3.8, 4) is 0 Å². The van der Waals surface area contributed by atoms with Crippen LogP contribution in [0.5, 0.6) is 0 Å². The molecule has 1 aliphatic carbocycles. The van der Waals surface area contributed by atoms with Gasteiger partial charge in [0.25, 0.3) is 5.56 Å². The van der Waals surface area contributed by atoms with Gasteiger partial charge >= 0.3 is 5.69 Å². The summed E-state index contributed by atoms with van der Waals surface area (Å²) < 4.78 is 0. The van der Waals surface area contributed by atoms with Crippen LogP contribution < -0.4 is 16.6 Å². The van der Waals surface area contributed by atoms with Gasteiger partial charge in [-0.05, 0) is 5.56 Å². The first kappa shape index (κ1) is 14.7. The van der Waals surface area contributed by atoms with Crippen molar-refractivity contribution in [2.24, 2.45) is 0 Å². The van der Waals surface area contributed by atoms with Crippen molar-refractivity contribution in [3.05, 3.63) is 103 Å². The Morgan fingerprint density at radius 1 is 0.769 bits per heavy atom. The summed E-state index contributed by atoms with van der Waals surface area (Å²) in [7, 11) is 0. The number of aromatic amines is 2. The highest BCUT2D eigenvalue weighted by molar-refractivity contribution is 6.23. The molecule has 1 aliphatic heterocycles. The third-order valence-corrected chi connectivity index (χ3v) is 4.89. The Bertz CT molecular complexity index is 1220. The van der Waals surface area contributed by atoms with Gasteiger partial charge in [0.2, 0.25) is 0 Å². The van der Waals surface area contributed by atoms with Crippen molar-refractivity contribution in [1.29, 1.82) is 0 Å². The van der Waals surface area contributed by atoms with Crippen LogP contribution in [0.1, 0.15) is 33.0 Å². The molecule has 5 rings (SSSR count). The lowest BCUT2D eigenvalue weighted by Gasteiger charge is -2.27. The molecule has 2 aromatic carbocycles. The van der Waals surface area contributed by atoms with E-state index in [9.17, 15) is 14.4 Å². The van der Waals surface area contributed by atoms with Crippen LogP contribution in [0, 0.1) is 0 Å². The molecule has 0 bridgehead atoms. The van der Waals surface area contributed by atoms with E-state index in [0.29, 0.717) is 28.2 Å². The number of rotatable bonds is 1. The van der Waals surface area contributed by atoms with Crippen LogP contribution in [0.15, 0.2) is 69.8 Å². The van der Waals surface area contributed by atoms with Gasteiger partial charge in [-0.3, -0.25) is 19.6 Å². The third-order valence-electron chi connectivity index (χ3n) is 4.89. The number of H-pyrrole nitrogens is 2. The second-order valence-corrected chi connectivity index (χ2v) is 6.33. The second kappa shape index (κ2) is 5.16. The van der Waals surface area contributed by atoms with Gasteiger partial charge in [-0.25, -0.2) is 4.79 Å². The number of aromatic nitrogens is 2. The lowest BCUT2D eigenvalue weighted by molar-refractivity contribution is 0.103. The summed E-state index contributed by atoms with van der Waals surface area (Å²) in [6.07, 6.45) is 0. The average Bonchev–Trinajstić information content (AvgIpc) is 2.93. The molecule has 26 heavy (non-hydrogen) atoms. The number of carbonyl (C=O) groups excluding carboxylic acids is 1. The number of anilines is 1. The van der Waals surface area contributed by atoms with Crippen molar-refractivity contribution < 1.29 is 4.79 Å². The van der Waals surface area contributed by atoms with E-state index in [2.05, 4.69) is 15.3 Å². The molecule has 1 aromatic heterocycles. The topological polar surface area (TPSA) is 94.8 Å². The van der Waals surface area contributed by atoms with E-state index in [1.54, 1.807) is 6.07 Å². The number of ketones is 1. The zero-order chi connectivity index (χ0) is 17.8. The molecule has 126 valence electrons. The summed E-state index contributed by atoms with van der Waals surface area (Å²) in [6, 6.07) is 16.7. The minimum atomic E-state index is -0.588. The van der Waals surface area contributed by atoms with Crippen LogP contribution in [0.3, 0.4) is 0 Å². The fourth-order valence-corrected chi connectivity index (χ4v) is 3.83. The number of allylic oxidation sites excluding steroid dienone is 1. The number of hydrogen-bond acceptors (Lipinski definition) is 4. The lowest BCUT2D eigenvalue weighted by atomic mass is 9.82. The molecule has 6 heteroatoms. The van der Waals surface area contributed by atoms with Gasteiger partial charge in [0, 0.05) is 22.6 Å². The Hall–Kier alpha value is -3.67. The van der Waals surface area contributed by atoms with Gasteiger partial charge in [-0.1, -0.05) is 54.6 Å². The molecule has 0 saturated heterocycles. The van der Waals surface area contributed by atoms with Crippen molar-refractivity contribution in [2.45, 2.75) is 5.92 Å². The predicted molar refractivity (Wildman–Crippen MR) is 97.3 cm³/mol. The predicted octanol–water partition coefficient (Wildman–Crippen LogP) is 2.23. The number of hydrogen-bond donors (Lipinski definition) is 3. The Labute approximate surface area is 147 Å². The van der Waals surface area contributed by atoms with Crippen molar-refractivity contribution in [1.82, 2.24) is 9.97 Å². The van der Waals surface area contributed by atoms with Gasteiger partial charge in [0.15, 0.2) is 5.78 Å². The number of carbonyl (C=O) groups is 1. The lowest BCUT2D eigenvalue weighted by Crippen LogP contribution is -2.33. The van der Waals surface area contributed by atoms with Crippen LogP contribution in [-0.2, 0) is 0 Å². The van der Waals surface area contributed by atoms with Gasteiger partial charge < -0.3 is 5.32 Å². The van der Waals surface area contributed by atoms with Crippen LogP contribution in [-0.4, -0.2) is 15.8 Å². The number of fused-ring (bicyclic) bond motifs is 3. The molecule has 6 nitrogen and oxygen atoms in total. The zero-order valence-electron chi connectivity index (χ0n) is 13.5. The van der Waals surface area contributed by atoms with E-state index in [-0.39, 0.29) is 5.78 Å². The Balaban J connectivity index is 1.86. The maximum atomic E-state index is 13.1. The number of Topliss-reactive ketones (excluding diaryl/α,β-unsaturated/α-hetero) is 1.